The number of hydrogen-bond donors (Lipinski definition) is 0. The monoisotopic (exact) mass is 402 g/mol. The molecule has 0 saturated carbocycles. The van der Waals surface area contributed by atoms with Gasteiger partial charge in [0.2, 0.25) is 0 Å². The van der Waals surface area contributed by atoms with Crippen LogP contribution in [0.25, 0.3) is 27.3 Å². The Morgan fingerprint density at radius 1 is 0.800 bits per heavy atom. The summed E-state index contributed by atoms with van der Waals surface area (Å²) in [6.45, 7) is 1.63. The van der Waals surface area contributed by atoms with Crippen molar-refractivity contribution in [3.8, 4) is 0 Å². The molecule has 0 amide bonds. The van der Waals surface area contributed by atoms with E-state index in [-0.39, 0.29) is 0 Å². The summed E-state index contributed by atoms with van der Waals surface area (Å²) in [6, 6.07) is 27.3. The van der Waals surface area contributed by atoms with Crippen molar-refractivity contribution in [1.82, 2.24) is 0 Å². The molecule has 0 aliphatic carbocycles. The predicted molar refractivity (Wildman–Crippen MR) is 119 cm³/mol. The lowest BCUT2D eigenvalue weighted by molar-refractivity contribution is 0.103. The Morgan fingerprint density at radius 2 is 1.40 bits per heavy atom. The SMILES string of the molecule is CO/C(=C\C(C)(OB(F)F)c1ccc2cc3ccccc3cc2c1)c1ccccc1. The van der Waals surface area contributed by atoms with Crippen LogP contribution < -0.4 is 0 Å². The van der Waals surface area contributed by atoms with Crippen molar-refractivity contribution in [2.75, 3.05) is 7.11 Å². The van der Waals surface area contributed by atoms with Gasteiger partial charge in [-0.1, -0.05) is 66.7 Å². The van der Waals surface area contributed by atoms with Crippen LogP contribution in [0.15, 0.2) is 91.0 Å². The zero-order valence-electron chi connectivity index (χ0n) is 16.8. The molecule has 0 saturated heterocycles. The van der Waals surface area contributed by atoms with Crippen molar-refractivity contribution in [2.45, 2.75) is 12.5 Å². The Balaban J connectivity index is 1.85. The van der Waals surface area contributed by atoms with Crippen LogP contribution in [0.2, 0.25) is 0 Å². The molecule has 0 aliphatic rings. The quantitative estimate of drug-likeness (QED) is 0.200. The van der Waals surface area contributed by atoms with E-state index in [1.807, 2.05) is 66.7 Å². The lowest BCUT2D eigenvalue weighted by Crippen LogP contribution is -2.28. The van der Waals surface area contributed by atoms with E-state index in [1.54, 1.807) is 13.0 Å². The molecule has 0 fully saturated rings. The molecule has 4 rings (SSSR count). The number of ether oxygens (including phenoxy) is 1. The molecule has 5 heteroatoms. The third-order valence-electron chi connectivity index (χ3n) is 5.30. The topological polar surface area (TPSA) is 18.5 Å². The number of halogens is 2. The van der Waals surface area contributed by atoms with Gasteiger partial charge in [-0.2, -0.15) is 0 Å². The number of hydrogen-bond acceptors (Lipinski definition) is 2. The van der Waals surface area contributed by atoms with Crippen LogP contribution in [0.3, 0.4) is 0 Å². The minimum Gasteiger partial charge on any atom is -0.496 e. The van der Waals surface area contributed by atoms with E-state index in [1.165, 1.54) is 7.11 Å². The Hall–Kier alpha value is -3.18. The van der Waals surface area contributed by atoms with Gasteiger partial charge in [0.15, 0.2) is 0 Å². The van der Waals surface area contributed by atoms with Gasteiger partial charge in [0.1, 0.15) is 11.4 Å². The van der Waals surface area contributed by atoms with Gasteiger partial charge >= 0.3 is 7.47 Å². The Morgan fingerprint density at radius 3 is 2.03 bits per heavy atom. The first-order valence-electron chi connectivity index (χ1n) is 9.70. The van der Waals surface area contributed by atoms with Crippen LogP contribution in [-0.2, 0) is 15.0 Å². The normalized spacial score (nSPS) is 13.9. The molecule has 150 valence electrons. The van der Waals surface area contributed by atoms with Crippen molar-refractivity contribution < 1.29 is 18.0 Å². The van der Waals surface area contributed by atoms with Crippen LogP contribution in [0.1, 0.15) is 18.1 Å². The van der Waals surface area contributed by atoms with Crippen molar-refractivity contribution >= 4 is 34.8 Å². The summed E-state index contributed by atoms with van der Waals surface area (Å²) in [5, 5.41) is 4.23. The second kappa shape index (κ2) is 8.29. The van der Waals surface area contributed by atoms with Gasteiger partial charge in [0.05, 0.1) is 7.11 Å². The molecule has 0 spiro atoms. The lowest BCUT2D eigenvalue weighted by atomic mass is 9.90. The van der Waals surface area contributed by atoms with Crippen molar-refractivity contribution in [1.29, 1.82) is 0 Å². The van der Waals surface area contributed by atoms with Crippen LogP contribution in [-0.4, -0.2) is 14.6 Å². The summed E-state index contributed by atoms with van der Waals surface area (Å²) < 4.78 is 37.4. The molecular weight excluding hydrogens is 381 g/mol. The summed E-state index contributed by atoms with van der Waals surface area (Å²) in [4.78, 5) is 0. The van der Waals surface area contributed by atoms with E-state index in [0.717, 1.165) is 27.1 Å². The van der Waals surface area contributed by atoms with E-state index in [9.17, 15) is 8.63 Å². The van der Waals surface area contributed by atoms with Gasteiger partial charge in [0, 0.05) is 5.56 Å². The van der Waals surface area contributed by atoms with Crippen LogP contribution in [0, 0.1) is 0 Å². The largest absolute Gasteiger partial charge is 0.721 e. The molecule has 2 nitrogen and oxygen atoms in total. The van der Waals surface area contributed by atoms with Gasteiger partial charge < -0.3 is 9.39 Å². The van der Waals surface area contributed by atoms with E-state index >= 15 is 0 Å². The molecule has 1 atom stereocenters. The minimum absolute atomic E-state index is 0.470. The maximum Gasteiger partial charge on any atom is 0.721 e. The molecule has 0 aliphatic heterocycles. The van der Waals surface area contributed by atoms with Crippen molar-refractivity contribution in [3.05, 3.63) is 102 Å². The fourth-order valence-electron chi connectivity index (χ4n) is 3.73. The van der Waals surface area contributed by atoms with Gasteiger partial charge in [-0.15, -0.1) is 0 Å². The molecule has 0 aromatic heterocycles. The highest BCUT2D eigenvalue weighted by atomic mass is 19.2. The lowest BCUT2D eigenvalue weighted by Gasteiger charge is -2.28. The summed E-state index contributed by atoms with van der Waals surface area (Å²) in [6.07, 6.45) is 1.61. The molecule has 0 heterocycles. The zero-order chi connectivity index (χ0) is 21.1. The van der Waals surface area contributed by atoms with E-state index in [2.05, 4.69) is 18.2 Å². The number of methoxy groups -OCH3 is 1. The number of rotatable bonds is 6. The molecular formula is C25H21BF2O2. The van der Waals surface area contributed by atoms with E-state index < -0.39 is 13.1 Å². The smallest absolute Gasteiger partial charge is 0.496 e. The predicted octanol–water partition coefficient (Wildman–Crippen LogP) is 6.84. The van der Waals surface area contributed by atoms with Gasteiger partial charge in [0.25, 0.3) is 0 Å². The van der Waals surface area contributed by atoms with Gasteiger partial charge in [-0.05, 0) is 58.3 Å². The second-order valence-corrected chi connectivity index (χ2v) is 7.33. The molecule has 0 bridgehead atoms. The highest BCUT2D eigenvalue weighted by Crippen LogP contribution is 2.35. The van der Waals surface area contributed by atoms with E-state index in [0.29, 0.717) is 11.3 Å². The highest BCUT2D eigenvalue weighted by molar-refractivity contribution is 6.34. The molecule has 4 aromatic rings. The summed E-state index contributed by atoms with van der Waals surface area (Å²) in [5.41, 5.74) is 0.0294. The molecule has 1 unspecified atom stereocenters. The second-order valence-electron chi connectivity index (χ2n) is 7.33. The van der Waals surface area contributed by atoms with E-state index in [4.69, 9.17) is 9.39 Å². The van der Waals surface area contributed by atoms with Crippen LogP contribution >= 0.6 is 0 Å². The molecule has 0 N–H and O–H groups in total. The Bertz CT molecular complexity index is 1210. The average molecular weight is 402 g/mol. The first-order chi connectivity index (χ1) is 14.5. The van der Waals surface area contributed by atoms with Crippen molar-refractivity contribution in [2.24, 2.45) is 0 Å². The Labute approximate surface area is 175 Å². The third-order valence-corrected chi connectivity index (χ3v) is 5.30. The number of fused-ring (bicyclic) bond motifs is 2. The summed E-state index contributed by atoms with van der Waals surface area (Å²) >= 11 is 0. The summed E-state index contributed by atoms with van der Waals surface area (Å²) in [7, 11) is -1.42. The highest BCUT2D eigenvalue weighted by Gasteiger charge is 2.34. The molecule has 0 radical (unpaired) electrons. The fourth-order valence-corrected chi connectivity index (χ4v) is 3.73. The molecule has 4 aromatic carbocycles. The van der Waals surface area contributed by atoms with Crippen molar-refractivity contribution in [3.63, 3.8) is 0 Å². The average Bonchev–Trinajstić information content (AvgIpc) is 2.75. The first kappa shape index (κ1) is 20.1. The number of benzene rings is 4. The van der Waals surface area contributed by atoms with Crippen LogP contribution in [0.4, 0.5) is 8.63 Å². The Kier molecular flexibility index (Phi) is 5.56. The van der Waals surface area contributed by atoms with Crippen LogP contribution in [0.5, 0.6) is 0 Å². The third kappa shape index (κ3) is 4.07. The maximum absolute atomic E-state index is 13.4. The fraction of sp³-hybridized carbons (Fsp3) is 0.120. The maximum atomic E-state index is 13.4. The molecule has 30 heavy (non-hydrogen) atoms. The zero-order valence-corrected chi connectivity index (χ0v) is 16.8. The summed E-state index contributed by atoms with van der Waals surface area (Å²) in [5.74, 6) is 0.470. The van der Waals surface area contributed by atoms with Gasteiger partial charge in [-0.25, -0.2) is 0 Å². The standard InChI is InChI=1S/C25H21BF2O2/c1-25(30-26(27)28,17-24(29-2)18-8-4-3-5-9-18)23-13-12-21-14-19-10-6-7-11-20(19)15-22(21)16-23/h3-17H,1-2H3/b24-17-. The van der Waals surface area contributed by atoms with Gasteiger partial charge in [-0.3, -0.25) is 8.63 Å². The minimum atomic E-state index is -2.94. The first-order valence-corrected chi connectivity index (χ1v) is 9.70.